The lowest BCUT2D eigenvalue weighted by molar-refractivity contribution is 0.400. The lowest BCUT2D eigenvalue weighted by Crippen LogP contribution is -2.27. The molecule has 0 saturated carbocycles. The van der Waals surface area contributed by atoms with Gasteiger partial charge in [0.15, 0.2) is 0 Å². The van der Waals surface area contributed by atoms with Crippen LogP contribution in [0.4, 0.5) is 5.69 Å². The Morgan fingerprint density at radius 3 is 2.47 bits per heavy atom. The van der Waals surface area contributed by atoms with Gasteiger partial charge < -0.3 is 15.6 Å². The van der Waals surface area contributed by atoms with Gasteiger partial charge in [-0.2, -0.15) is 0 Å². The number of anilines is 1. The van der Waals surface area contributed by atoms with Gasteiger partial charge in [0.1, 0.15) is 5.84 Å². The van der Waals surface area contributed by atoms with E-state index in [1.165, 1.54) is 0 Å². The van der Waals surface area contributed by atoms with Gasteiger partial charge in [0.2, 0.25) is 0 Å². The zero-order chi connectivity index (χ0) is 12.7. The predicted octanol–water partition coefficient (Wildman–Crippen LogP) is 0.839. The highest BCUT2D eigenvalue weighted by molar-refractivity contribution is 5.96. The van der Waals surface area contributed by atoms with Crippen molar-refractivity contribution in [2.24, 2.45) is 5.84 Å². The molecule has 0 aromatic heterocycles. The Labute approximate surface area is 102 Å². The van der Waals surface area contributed by atoms with Crippen molar-refractivity contribution >= 4 is 11.5 Å². The van der Waals surface area contributed by atoms with Gasteiger partial charge in [-0.15, -0.1) is 0 Å². The van der Waals surface area contributed by atoms with Crippen LogP contribution in [-0.2, 0) is 0 Å². The Bertz CT molecular complexity index is 344. The Kier molecular flexibility index (Phi) is 5.45. The molecule has 5 heteroatoms. The van der Waals surface area contributed by atoms with E-state index in [0.717, 1.165) is 30.8 Å². The number of nitrogens with two attached hydrogens (primary N) is 1. The standard InChI is InChI=1S/C12H21N5/c1-17(2)9-3-8-15-12(13)10-4-6-11(16-14)7-5-10/h4-7,16H,3,8-9,14H2,1-2H3,(H2,13,15). The highest BCUT2D eigenvalue weighted by atomic mass is 15.2. The molecule has 0 saturated heterocycles. The second-order valence-corrected chi connectivity index (χ2v) is 4.18. The van der Waals surface area contributed by atoms with Crippen LogP contribution < -0.4 is 16.6 Å². The summed E-state index contributed by atoms with van der Waals surface area (Å²) in [6.07, 6.45) is 1.03. The molecule has 0 fully saturated rings. The Balaban J connectivity index is 2.36. The molecular formula is C12H21N5. The number of nitrogens with one attached hydrogen (secondary N) is 3. The third-order valence-corrected chi connectivity index (χ3v) is 2.42. The van der Waals surface area contributed by atoms with Crippen LogP contribution in [0, 0.1) is 5.41 Å². The monoisotopic (exact) mass is 235 g/mol. The summed E-state index contributed by atoms with van der Waals surface area (Å²) in [5.41, 5.74) is 4.27. The van der Waals surface area contributed by atoms with Gasteiger partial charge >= 0.3 is 0 Å². The van der Waals surface area contributed by atoms with E-state index in [-0.39, 0.29) is 0 Å². The van der Waals surface area contributed by atoms with Crippen LogP contribution in [0.15, 0.2) is 24.3 Å². The Morgan fingerprint density at radius 2 is 1.94 bits per heavy atom. The molecule has 0 aliphatic rings. The fraction of sp³-hybridized carbons (Fsp3) is 0.417. The van der Waals surface area contributed by atoms with Gasteiger partial charge in [-0.1, -0.05) is 0 Å². The number of hydrogen-bond acceptors (Lipinski definition) is 4. The predicted molar refractivity (Wildman–Crippen MR) is 72.3 cm³/mol. The van der Waals surface area contributed by atoms with E-state index >= 15 is 0 Å². The van der Waals surface area contributed by atoms with Gasteiger partial charge in [0, 0.05) is 17.8 Å². The molecular weight excluding hydrogens is 214 g/mol. The maximum atomic E-state index is 7.87. The number of amidine groups is 1. The van der Waals surface area contributed by atoms with E-state index < -0.39 is 0 Å². The van der Waals surface area contributed by atoms with Crippen LogP contribution in [0.3, 0.4) is 0 Å². The molecule has 0 atom stereocenters. The van der Waals surface area contributed by atoms with Crippen molar-refractivity contribution in [3.8, 4) is 0 Å². The van der Waals surface area contributed by atoms with E-state index in [2.05, 4.69) is 15.6 Å². The highest BCUT2D eigenvalue weighted by Gasteiger charge is 2.00. The SMILES string of the molecule is CN(C)CCCNC(=N)c1ccc(NN)cc1. The lowest BCUT2D eigenvalue weighted by atomic mass is 10.2. The lowest BCUT2D eigenvalue weighted by Gasteiger charge is -2.11. The smallest absolute Gasteiger partial charge is 0.125 e. The number of nitrogens with zero attached hydrogens (tertiary/aromatic N) is 1. The molecule has 0 radical (unpaired) electrons. The molecule has 0 aliphatic heterocycles. The molecule has 0 aliphatic carbocycles. The molecule has 0 amide bonds. The van der Waals surface area contributed by atoms with E-state index in [4.69, 9.17) is 11.3 Å². The van der Waals surface area contributed by atoms with Gasteiger partial charge in [0.05, 0.1) is 0 Å². The van der Waals surface area contributed by atoms with Gasteiger partial charge in [-0.25, -0.2) is 0 Å². The van der Waals surface area contributed by atoms with Crippen molar-refractivity contribution in [1.82, 2.24) is 10.2 Å². The van der Waals surface area contributed by atoms with E-state index in [9.17, 15) is 0 Å². The second kappa shape index (κ2) is 6.88. The normalized spacial score (nSPS) is 10.4. The summed E-state index contributed by atoms with van der Waals surface area (Å²) in [5, 5.41) is 11.0. The van der Waals surface area contributed by atoms with Gasteiger partial charge in [0.25, 0.3) is 0 Å². The van der Waals surface area contributed by atoms with Crippen molar-refractivity contribution in [3.05, 3.63) is 29.8 Å². The minimum Gasteiger partial charge on any atom is -0.370 e. The summed E-state index contributed by atoms with van der Waals surface area (Å²) in [4.78, 5) is 2.13. The summed E-state index contributed by atoms with van der Waals surface area (Å²) < 4.78 is 0. The zero-order valence-corrected chi connectivity index (χ0v) is 10.5. The third-order valence-electron chi connectivity index (χ3n) is 2.42. The van der Waals surface area contributed by atoms with Crippen molar-refractivity contribution in [2.75, 3.05) is 32.6 Å². The first kappa shape index (κ1) is 13.5. The van der Waals surface area contributed by atoms with Crippen LogP contribution >= 0.6 is 0 Å². The van der Waals surface area contributed by atoms with Gasteiger partial charge in [-0.05, 0) is 51.3 Å². The van der Waals surface area contributed by atoms with E-state index in [1.54, 1.807) is 0 Å². The molecule has 1 aromatic carbocycles. The van der Waals surface area contributed by atoms with Crippen LogP contribution in [0.25, 0.3) is 0 Å². The molecule has 1 aromatic rings. The minimum atomic E-state index is 0.451. The Hall–Kier alpha value is -1.59. The van der Waals surface area contributed by atoms with E-state index in [0.29, 0.717) is 5.84 Å². The molecule has 0 spiro atoms. The first-order valence-corrected chi connectivity index (χ1v) is 5.67. The number of hydrogen-bond donors (Lipinski definition) is 4. The van der Waals surface area contributed by atoms with Gasteiger partial charge in [-0.3, -0.25) is 11.3 Å². The molecule has 0 bridgehead atoms. The molecule has 17 heavy (non-hydrogen) atoms. The number of hydrazine groups is 1. The largest absolute Gasteiger partial charge is 0.370 e. The fourth-order valence-corrected chi connectivity index (χ4v) is 1.44. The van der Waals surface area contributed by atoms with Crippen LogP contribution in [0.1, 0.15) is 12.0 Å². The molecule has 0 heterocycles. The zero-order valence-electron chi connectivity index (χ0n) is 10.5. The summed E-state index contributed by atoms with van der Waals surface area (Å²) in [7, 11) is 4.09. The number of nitrogen functional groups attached to an aromatic ring is 1. The molecule has 5 nitrogen and oxygen atoms in total. The minimum absolute atomic E-state index is 0.451. The van der Waals surface area contributed by atoms with Crippen molar-refractivity contribution in [2.45, 2.75) is 6.42 Å². The maximum Gasteiger partial charge on any atom is 0.125 e. The summed E-state index contributed by atoms with van der Waals surface area (Å²) in [6, 6.07) is 7.45. The van der Waals surface area contributed by atoms with Crippen LogP contribution in [0.2, 0.25) is 0 Å². The number of rotatable bonds is 6. The first-order chi connectivity index (χ1) is 8.13. The van der Waals surface area contributed by atoms with Crippen molar-refractivity contribution < 1.29 is 0 Å². The highest BCUT2D eigenvalue weighted by Crippen LogP contribution is 2.07. The third kappa shape index (κ3) is 4.84. The van der Waals surface area contributed by atoms with Crippen LogP contribution in [0.5, 0.6) is 0 Å². The van der Waals surface area contributed by atoms with E-state index in [1.807, 2.05) is 38.4 Å². The summed E-state index contributed by atoms with van der Waals surface area (Å²) in [6.45, 7) is 1.84. The van der Waals surface area contributed by atoms with Crippen molar-refractivity contribution in [1.29, 1.82) is 5.41 Å². The fourth-order valence-electron chi connectivity index (χ4n) is 1.44. The summed E-state index contributed by atoms with van der Waals surface area (Å²) in [5.74, 6) is 5.73. The number of benzene rings is 1. The average molecular weight is 235 g/mol. The molecule has 5 N–H and O–H groups in total. The molecule has 1 rings (SSSR count). The quantitative estimate of drug-likeness (QED) is 0.194. The van der Waals surface area contributed by atoms with Crippen molar-refractivity contribution in [3.63, 3.8) is 0 Å². The first-order valence-electron chi connectivity index (χ1n) is 5.67. The average Bonchev–Trinajstić information content (AvgIpc) is 2.34. The Morgan fingerprint density at radius 1 is 1.29 bits per heavy atom. The maximum absolute atomic E-state index is 7.87. The van der Waals surface area contributed by atoms with Crippen LogP contribution in [-0.4, -0.2) is 37.9 Å². The summed E-state index contributed by atoms with van der Waals surface area (Å²) >= 11 is 0. The molecule has 94 valence electrons. The topological polar surface area (TPSA) is 77.2 Å². The second-order valence-electron chi connectivity index (χ2n) is 4.18. The molecule has 0 unspecified atom stereocenters.